The van der Waals surface area contributed by atoms with Gasteiger partial charge in [-0.15, -0.1) is 0 Å². The van der Waals surface area contributed by atoms with Crippen LogP contribution in [0.4, 0.5) is 0 Å². The average Bonchev–Trinajstić information content (AvgIpc) is 3.64. The van der Waals surface area contributed by atoms with E-state index in [1.807, 2.05) is 91.5 Å². The summed E-state index contributed by atoms with van der Waals surface area (Å²) in [5.74, 6) is 1.68. The quantitative estimate of drug-likeness (QED) is 0.270. The Morgan fingerprint density at radius 2 is 1.69 bits per heavy atom. The highest BCUT2D eigenvalue weighted by Crippen LogP contribution is 2.36. The lowest BCUT2D eigenvalue weighted by Crippen LogP contribution is -2.32. The molecule has 1 amide bonds. The van der Waals surface area contributed by atoms with Gasteiger partial charge in [-0.05, 0) is 69.0 Å². The second-order valence-corrected chi connectivity index (χ2v) is 9.55. The summed E-state index contributed by atoms with van der Waals surface area (Å²) in [5, 5.41) is 5.32. The molecule has 1 aliphatic carbocycles. The topological polar surface area (TPSA) is 47.4 Å². The molecule has 1 aliphatic rings. The molecule has 0 spiro atoms. The Morgan fingerprint density at radius 3 is 2.37 bits per heavy atom. The maximum Gasteiger partial charge on any atom is 0.254 e. The number of rotatable bonds is 8. The molecule has 0 N–H and O–H groups in total. The number of hydrogen-bond acceptors (Lipinski definition) is 3. The maximum absolute atomic E-state index is 13.6. The van der Waals surface area contributed by atoms with E-state index < -0.39 is 0 Å². The highest BCUT2D eigenvalue weighted by atomic mass is 35.5. The zero-order chi connectivity index (χ0) is 24.4. The first-order valence-corrected chi connectivity index (χ1v) is 12.3. The number of aromatic nitrogens is 2. The summed E-state index contributed by atoms with van der Waals surface area (Å²) in [7, 11) is 0. The SMILES string of the molecule is Cc1ccc(C(=O)N(Cc2c(C)nn(-c3ccccc3)c2Oc2ccccc2Cl)CC2CC2)cc1. The predicted octanol–water partition coefficient (Wildman–Crippen LogP) is 6.99. The normalized spacial score (nSPS) is 13.0. The molecule has 0 bridgehead atoms. The lowest BCUT2D eigenvalue weighted by Gasteiger charge is -2.23. The molecule has 5 nitrogen and oxygen atoms in total. The van der Waals surface area contributed by atoms with Gasteiger partial charge in [-0.3, -0.25) is 4.79 Å². The van der Waals surface area contributed by atoms with Crippen molar-refractivity contribution in [1.82, 2.24) is 14.7 Å². The van der Waals surface area contributed by atoms with Crippen molar-refractivity contribution in [2.45, 2.75) is 33.2 Å². The Hall–Kier alpha value is -3.57. The van der Waals surface area contributed by atoms with Gasteiger partial charge in [0.1, 0.15) is 5.75 Å². The van der Waals surface area contributed by atoms with Crippen LogP contribution < -0.4 is 4.74 Å². The second kappa shape index (κ2) is 9.96. The van der Waals surface area contributed by atoms with E-state index in [9.17, 15) is 4.79 Å². The summed E-state index contributed by atoms with van der Waals surface area (Å²) in [5.41, 5.74) is 4.38. The Bertz CT molecular complexity index is 1330. The first-order valence-electron chi connectivity index (χ1n) is 11.9. The van der Waals surface area contributed by atoms with E-state index in [-0.39, 0.29) is 5.91 Å². The summed E-state index contributed by atoms with van der Waals surface area (Å²) in [6, 6.07) is 25.0. The molecule has 1 fully saturated rings. The molecule has 35 heavy (non-hydrogen) atoms. The standard InChI is InChI=1S/C29H28ClN3O2/c1-20-12-16-23(17-13-20)28(34)32(18-22-14-15-22)19-25-21(2)31-33(24-8-4-3-5-9-24)29(25)35-27-11-7-6-10-26(27)30/h3-13,16-17,22H,14-15,18-19H2,1-2H3. The number of halogens is 1. The summed E-state index contributed by atoms with van der Waals surface area (Å²) < 4.78 is 8.19. The van der Waals surface area contributed by atoms with Crippen molar-refractivity contribution >= 4 is 17.5 Å². The Balaban J connectivity index is 1.55. The lowest BCUT2D eigenvalue weighted by molar-refractivity contribution is 0.0733. The van der Waals surface area contributed by atoms with Gasteiger partial charge in [-0.2, -0.15) is 5.10 Å². The molecule has 5 rings (SSSR count). The molecule has 1 heterocycles. The van der Waals surface area contributed by atoms with Crippen molar-refractivity contribution in [2.75, 3.05) is 6.54 Å². The van der Waals surface area contributed by atoms with E-state index in [0.717, 1.165) is 35.3 Å². The molecule has 0 unspecified atom stereocenters. The van der Waals surface area contributed by atoms with E-state index in [1.54, 1.807) is 10.7 Å². The molecule has 0 saturated heterocycles. The number of aryl methyl sites for hydroxylation is 2. The van der Waals surface area contributed by atoms with Crippen LogP contribution in [0.2, 0.25) is 5.02 Å². The van der Waals surface area contributed by atoms with Gasteiger partial charge < -0.3 is 9.64 Å². The Morgan fingerprint density at radius 1 is 1.00 bits per heavy atom. The van der Waals surface area contributed by atoms with Gasteiger partial charge in [-0.25, -0.2) is 4.68 Å². The van der Waals surface area contributed by atoms with Crippen LogP contribution in [0.1, 0.15) is 40.0 Å². The number of carbonyl (C=O) groups excluding carboxylic acids is 1. The molecule has 0 aliphatic heterocycles. The van der Waals surface area contributed by atoms with Crippen molar-refractivity contribution in [3.05, 3.63) is 106 Å². The molecule has 1 saturated carbocycles. The van der Waals surface area contributed by atoms with Crippen LogP contribution >= 0.6 is 11.6 Å². The van der Waals surface area contributed by atoms with Crippen LogP contribution in [0.3, 0.4) is 0 Å². The van der Waals surface area contributed by atoms with Gasteiger partial charge in [0.2, 0.25) is 5.88 Å². The van der Waals surface area contributed by atoms with Crippen LogP contribution in [-0.2, 0) is 6.54 Å². The number of ether oxygens (including phenoxy) is 1. The average molecular weight is 486 g/mol. The molecule has 1 aromatic heterocycles. The highest BCUT2D eigenvalue weighted by Gasteiger charge is 2.30. The fraction of sp³-hybridized carbons (Fsp3) is 0.241. The van der Waals surface area contributed by atoms with Crippen LogP contribution in [0, 0.1) is 19.8 Å². The number of para-hydroxylation sites is 2. The van der Waals surface area contributed by atoms with E-state index in [1.165, 1.54) is 0 Å². The van der Waals surface area contributed by atoms with Gasteiger partial charge in [0.05, 0.1) is 28.5 Å². The number of benzene rings is 3. The van der Waals surface area contributed by atoms with Crippen molar-refractivity contribution < 1.29 is 9.53 Å². The summed E-state index contributed by atoms with van der Waals surface area (Å²) in [6.07, 6.45) is 2.31. The number of amides is 1. The minimum atomic E-state index is 0.0208. The van der Waals surface area contributed by atoms with Gasteiger partial charge in [0, 0.05) is 12.1 Å². The van der Waals surface area contributed by atoms with E-state index in [2.05, 4.69) is 0 Å². The number of nitrogens with zero attached hydrogens (tertiary/aromatic N) is 3. The summed E-state index contributed by atoms with van der Waals surface area (Å²) >= 11 is 6.44. The van der Waals surface area contributed by atoms with Crippen molar-refractivity contribution in [3.8, 4) is 17.3 Å². The molecular formula is C29H28ClN3O2. The van der Waals surface area contributed by atoms with Crippen LogP contribution in [0.25, 0.3) is 5.69 Å². The molecule has 0 atom stereocenters. The number of carbonyl (C=O) groups is 1. The maximum atomic E-state index is 13.6. The largest absolute Gasteiger partial charge is 0.437 e. The van der Waals surface area contributed by atoms with Crippen molar-refractivity contribution in [3.63, 3.8) is 0 Å². The third-order valence-electron chi connectivity index (χ3n) is 6.29. The Kier molecular flexibility index (Phi) is 6.60. The molecule has 178 valence electrons. The van der Waals surface area contributed by atoms with E-state index in [4.69, 9.17) is 21.4 Å². The number of hydrogen-bond donors (Lipinski definition) is 0. The highest BCUT2D eigenvalue weighted by molar-refractivity contribution is 6.32. The predicted molar refractivity (Wildman–Crippen MR) is 138 cm³/mol. The first kappa shape index (κ1) is 23.2. The van der Waals surface area contributed by atoms with E-state index in [0.29, 0.717) is 41.2 Å². The minimum Gasteiger partial charge on any atom is -0.437 e. The third-order valence-corrected chi connectivity index (χ3v) is 6.60. The van der Waals surface area contributed by atoms with Crippen molar-refractivity contribution in [1.29, 1.82) is 0 Å². The molecular weight excluding hydrogens is 458 g/mol. The first-order chi connectivity index (χ1) is 17.0. The molecule has 6 heteroatoms. The molecule has 4 aromatic rings. The fourth-order valence-electron chi connectivity index (χ4n) is 4.10. The fourth-order valence-corrected chi connectivity index (χ4v) is 4.28. The van der Waals surface area contributed by atoms with E-state index >= 15 is 0 Å². The summed E-state index contributed by atoms with van der Waals surface area (Å²) in [6.45, 7) is 5.10. The third kappa shape index (κ3) is 5.25. The monoisotopic (exact) mass is 485 g/mol. The zero-order valence-electron chi connectivity index (χ0n) is 19.9. The lowest BCUT2D eigenvalue weighted by atomic mass is 10.1. The van der Waals surface area contributed by atoms with Gasteiger partial charge in [0.15, 0.2) is 0 Å². The van der Waals surface area contributed by atoms with Gasteiger partial charge in [0.25, 0.3) is 5.91 Å². The van der Waals surface area contributed by atoms with Gasteiger partial charge in [-0.1, -0.05) is 59.6 Å². The minimum absolute atomic E-state index is 0.0208. The molecule has 3 aromatic carbocycles. The second-order valence-electron chi connectivity index (χ2n) is 9.14. The van der Waals surface area contributed by atoms with Crippen LogP contribution in [0.5, 0.6) is 11.6 Å². The van der Waals surface area contributed by atoms with Crippen LogP contribution in [0.15, 0.2) is 78.9 Å². The van der Waals surface area contributed by atoms with Crippen molar-refractivity contribution in [2.24, 2.45) is 5.92 Å². The van der Waals surface area contributed by atoms with Gasteiger partial charge >= 0.3 is 0 Å². The Labute approximate surface area is 210 Å². The zero-order valence-corrected chi connectivity index (χ0v) is 20.7. The summed E-state index contributed by atoms with van der Waals surface area (Å²) in [4.78, 5) is 15.5. The van der Waals surface area contributed by atoms with Crippen LogP contribution in [-0.4, -0.2) is 27.1 Å². The molecule has 0 radical (unpaired) electrons. The smallest absolute Gasteiger partial charge is 0.254 e.